The van der Waals surface area contributed by atoms with Crippen LogP contribution in [-0.2, 0) is 16.1 Å². The lowest BCUT2D eigenvalue weighted by molar-refractivity contribution is -0.215. The summed E-state index contributed by atoms with van der Waals surface area (Å²) in [6, 6.07) is 11.4. The smallest absolute Gasteiger partial charge is 0.317 e. The van der Waals surface area contributed by atoms with E-state index in [1.165, 1.54) is 0 Å². The zero-order valence-electron chi connectivity index (χ0n) is 17.3. The minimum absolute atomic E-state index is 0.0847. The number of rotatable bonds is 3. The van der Waals surface area contributed by atoms with E-state index in [0.717, 1.165) is 28.7 Å². The number of nitrogens with one attached hydrogen (secondary N) is 1. The van der Waals surface area contributed by atoms with Crippen molar-refractivity contribution in [3.05, 3.63) is 58.6 Å². The fraction of sp³-hybridized carbons (Fsp3) is 0.304. The van der Waals surface area contributed by atoms with Crippen LogP contribution in [0.2, 0.25) is 5.02 Å². The van der Waals surface area contributed by atoms with Crippen LogP contribution in [0.5, 0.6) is 5.75 Å². The molecule has 3 amide bonds. The van der Waals surface area contributed by atoms with E-state index in [1.54, 1.807) is 29.0 Å². The lowest BCUT2D eigenvalue weighted by atomic mass is 9.96. The monoisotopic (exact) mass is 441 g/mol. The van der Waals surface area contributed by atoms with Gasteiger partial charge in [-0.15, -0.1) is 0 Å². The van der Waals surface area contributed by atoms with Crippen LogP contribution in [0.25, 0.3) is 17.2 Å². The van der Waals surface area contributed by atoms with Crippen LogP contribution in [0.1, 0.15) is 11.1 Å². The second-order valence-corrected chi connectivity index (χ2v) is 7.79. The summed E-state index contributed by atoms with van der Waals surface area (Å²) >= 11 is 6.54. The van der Waals surface area contributed by atoms with E-state index >= 15 is 0 Å². The minimum Gasteiger partial charge on any atom is -0.341 e. The number of carbonyl (C=O) groups is 2. The van der Waals surface area contributed by atoms with Crippen LogP contribution in [-0.4, -0.2) is 61.6 Å². The Morgan fingerprint density at radius 2 is 1.87 bits per heavy atom. The number of nitrogens with zero attached hydrogens (tertiary/aromatic N) is 2. The molecule has 2 aromatic carbocycles. The van der Waals surface area contributed by atoms with Gasteiger partial charge in [0.25, 0.3) is 0 Å². The lowest BCUT2D eigenvalue weighted by Gasteiger charge is -2.33. The molecule has 31 heavy (non-hydrogen) atoms. The molecule has 0 atom stereocenters. The van der Waals surface area contributed by atoms with Crippen LogP contribution in [0.3, 0.4) is 0 Å². The zero-order chi connectivity index (χ0) is 21.8. The lowest BCUT2D eigenvalue weighted by Crippen LogP contribution is -2.52. The van der Waals surface area contributed by atoms with Crippen LogP contribution >= 0.6 is 11.6 Å². The Labute approximate surface area is 186 Å². The first-order valence-corrected chi connectivity index (χ1v) is 10.6. The molecule has 0 unspecified atom stereocenters. The maximum absolute atomic E-state index is 12.7. The number of hydrogen-bond donors (Lipinski definition) is 1. The predicted octanol–water partition coefficient (Wildman–Crippen LogP) is 3.37. The summed E-state index contributed by atoms with van der Waals surface area (Å²) < 4.78 is 0. The molecule has 0 spiro atoms. The molecule has 2 aliphatic rings. The standard InChI is InChI=1S/C23H24ClN3O4/c1-25-23(29)27-12-10-26(11-13-27)21(28)8-6-16-3-2-4-19(24)22(16)18-5-7-20-17(15-18)9-14-30-31-20/h2-8,15H,9-14H2,1H3,(H,25,29)/b8-6+. The van der Waals surface area contributed by atoms with Gasteiger partial charge >= 0.3 is 6.03 Å². The number of fused-ring (bicyclic) bond motifs is 1. The number of benzene rings is 2. The van der Waals surface area contributed by atoms with Gasteiger partial charge in [0.1, 0.15) is 0 Å². The predicted molar refractivity (Wildman–Crippen MR) is 119 cm³/mol. The molecule has 2 heterocycles. The molecule has 4 rings (SSSR count). The van der Waals surface area contributed by atoms with Gasteiger partial charge in [0.05, 0.1) is 6.61 Å². The van der Waals surface area contributed by atoms with Crippen molar-refractivity contribution in [1.29, 1.82) is 0 Å². The third-order valence-electron chi connectivity index (χ3n) is 5.50. The first-order valence-electron chi connectivity index (χ1n) is 10.2. The molecule has 162 valence electrons. The third kappa shape index (κ3) is 4.68. The number of carbonyl (C=O) groups excluding carboxylic acids is 2. The first kappa shape index (κ1) is 21.2. The fourth-order valence-electron chi connectivity index (χ4n) is 3.81. The summed E-state index contributed by atoms with van der Waals surface area (Å²) in [5.41, 5.74) is 3.74. The number of urea groups is 1. The van der Waals surface area contributed by atoms with Crippen LogP contribution in [0.15, 0.2) is 42.5 Å². The summed E-state index contributed by atoms with van der Waals surface area (Å²) in [5, 5.41) is 3.23. The second kappa shape index (κ2) is 9.41. The quantitative estimate of drug-likeness (QED) is 0.585. The Bertz CT molecular complexity index is 1020. The summed E-state index contributed by atoms with van der Waals surface area (Å²) in [6.45, 7) is 2.55. The van der Waals surface area contributed by atoms with E-state index in [4.69, 9.17) is 21.4 Å². The summed E-state index contributed by atoms with van der Waals surface area (Å²) in [5.74, 6) is 0.628. The molecule has 0 aromatic heterocycles. The molecule has 0 saturated carbocycles. The molecular formula is C23H24ClN3O4. The average molecular weight is 442 g/mol. The van der Waals surface area contributed by atoms with Gasteiger partial charge in [-0.2, -0.15) is 4.89 Å². The molecular weight excluding hydrogens is 418 g/mol. The van der Waals surface area contributed by atoms with E-state index in [-0.39, 0.29) is 11.9 Å². The van der Waals surface area contributed by atoms with Gasteiger partial charge in [-0.3, -0.25) is 4.79 Å². The molecule has 0 aliphatic carbocycles. The highest BCUT2D eigenvalue weighted by atomic mass is 35.5. The number of piperazine rings is 1. The number of hydrogen-bond acceptors (Lipinski definition) is 4. The molecule has 2 aliphatic heterocycles. The Kier molecular flexibility index (Phi) is 6.44. The van der Waals surface area contributed by atoms with Gasteiger partial charge in [-0.1, -0.05) is 29.8 Å². The van der Waals surface area contributed by atoms with Crippen LogP contribution in [0.4, 0.5) is 4.79 Å². The van der Waals surface area contributed by atoms with Gasteiger partial charge in [0.15, 0.2) is 5.75 Å². The topological polar surface area (TPSA) is 71.1 Å². The van der Waals surface area contributed by atoms with Gasteiger partial charge in [0.2, 0.25) is 5.91 Å². The van der Waals surface area contributed by atoms with E-state index in [2.05, 4.69) is 11.4 Å². The minimum atomic E-state index is -0.117. The molecule has 1 N–H and O–H groups in total. The van der Waals surface area contributed by atoms with E-state index in [9.17, 15) is 9.59 Å². The highest BCUT2D eigenvalue weighted by molar-refractivity contribution is 6.33. The zero-order valence-corrected chi connectivity index (χ0v) is 18.0. The van der Waals surface area contributed by atoms with Crippen molar-refractivity contribution in [2.24, 2.45) is 0 Å². The Hall–Kier alpha value is -3.03. The van der Waals surface area contributed by atoms with Gasteiger partial charge in [-0.25, -0.2) is 4.79 Å². The first-order chi connectivity index (χ1) is 15.1. The normalized spacial score (nSPS) is 16.1. The van der Waals surface area contributed by atoms with Gasteiger partial charge < -0.3 is 20.0 Å². The largest absolute Gasteiger partial charge is 0.341 e. The van der Waals surface area contributed by atoms with Crippen molar-refractivity contribution in [1.82, 2.24) is 15.1 Å². The second-order valence-electron chi connectivity index (χ2n) is 7.38. The van der Waals surface area contributed by atoms with Crippen molar-refractivity contribution < 1.29 is 19.4 Å². The van der Waals surface area contributed by atoms with Crippen molar-refractivity contribution in [3.63, 3.8) is 0 Å². The van der Waals surface area contributed by atoms with Crippen LogP contribution < -0.4 is 10.2 Å². The van der Waals surface area contributed by atoms with Gasteiger partial charge in [-0.05, 0) is 35.4 Å². The SMILES string of the molecule is CNC(=O)N1CCN(C(=O)/C=C/c2cccc(Cl)c2-c2ccc3c(c2)CCOO3)CC1. The number of halogens is 1. The molecule has 1 fully saturated rings. The Balaban J connectivity index is 1.52. The average Bonchev–Trinajstić information content (AvgIpc) is 2.81. The van der Waals surface area contributed by atoms with E-state index in [1.807, 2.05) is 30.3 Å². The maximum Gasteiger partial charge on any atom is 0.317 e. The Morgan fingerprint density at radius 1 is 1.10 bits per heavy atom. The third-order valence-corrected chi connectivity index (χ3v) is 5.81. The van der Waals surface area contributed by atoms with E-state index in [0.29, 0.717) is 43.6 Å². The van der Waals surface area contributed by atoms with Crippen molar-refractivity contribution in [3.8, 4) is 16.9 Å². The van der Waals surface area contributed by atoms with E-state index < -0.39 is 0 Å². The molecule has 0 radical (unpaired) electrons. The highest BCUT2D eigenvalue weighted by Gasteiger charge is 2.22. The van der Waals surface area contributed by atoms with Crippen LogP contribution in [0, 0.1) is 0 Å². The maximum atomic E-state index is 12.7. The van der Waals surface area contributed by atoms with Crippen molar-refractivity contribution >= 4 is 29.6 Å². The fourth-order valence-corrected chi connectivity index (χ4v) is 4.10. The highest BCUT2D eigenvalue weighted by Crippen LogP contribution is 2.36. The molecule has 8 heteroatoms. The van der Waals surface area contributed by atoms with Crippen molar-refractivity contribution in [2.75, 3.05) is 39.8 Å². The molecule has 2 aromatic rings. The molecule has 0 bridgehead atoms. The van der Waals surface area contributed by atoms with Gasteiger partial charge in [0, 0.05) is 61.9 Å². The molecule has 7 nitrogen and oxygen atoms in total. The summed E-state index contributed by atoms with van der Waals surface area (Å²) in [4.78, 5) is 38.1. The Morgan fingerprint density at radius 3 is 2.65 bits per heavy atom. The summed E-state index contributed by atoms with van der Waals surface area (Å²) in [7, 11) is 1.61. The summed E-state index contributed by atoms with van der Waals surface area (Å²) in [6.07, 6.45) is 4.13. The number of amides is 3. The van der Waals surface area contributed by atoms with Crippen molar-refractivity contribution in [2.45, 2.75) is 6.42 Å². The molecule has 1 saturated heterocycles.